The smallest absolute Gasteiger partial charge is 0.156 e. The van der Waals surface area contributed by atoms with Crippen molar-refractivity contribution in [1.82, 2.24) is 15.3 Å². The van der Waals surface area contributed by atoms with Gasteiger partial charge in [0.15, 0.2) is 5.84 Å². The minimum Gasteiger partial charge on any atom is -0.382 e. The lowest BCUT2D eigenvalue weighted by molar-refractivity contribution is 0.138. The molecule has 0 radical (unpaired) electrons. The van der Waals surface area contributed by atoms with E-state index in [9.17, 15) is 5.11 Å². The number of thiazole rings is 1. The van der Waals surface area contributed by atoms with Gasteiger partial charge in [-0.2, -0.15) is 5.10 Å². The Morgan fingerprint density at radius 1 is 1.65 bits per heavy atom. The van der Waals surface area contributed by atoms with Crippen LogP contribution in [0.1, 0.15) is 18.9 Å². The predicted octanol–water partition coefficient (Wildman–Crippen LogP) is 0.921. The SMILES string of the molecule is CN/N=C(\N(C)CCc1nccs1)C(C)(C)O. The lowest BCUT2D eigenvalue weighted by atomic mass is 10.1. The van der Waals surface area contributed by atoms with E-state index < -0.39 is 5.60 Å². The third kappa shape index (κ3) is 4.32. The summed E-state index contributed by atoms with van der Waals surface area (Å²) in [6.07, 6.45) is 2.66. The molecule has 0 fully saturated rings. The second-order valence-corrected chi connectivity index (χ2v) is 5.29. The zero-order valence-corrected chi connectivity index (χ0v) is 11.6. The van der Waals surface area contributed by atoms with Crippen LogP contribution in [0.2, 0.25) is 0 Å². The quantitative estimate of drug-likeness (QED) is 0.467. The van der Waals surface area contributed by atoms with Crippen molar-refractivity contribution >= 4 is 17.2 Å². The number of hydrazone groups is 1. The van der Waals surface area contributed by atoms with Crippen LogP contribution in [0.25, 0.3) is 0 Å². The monoisotopic (exact) mass is 256 g/mol. The van der Waals surface area contributed by atoms with E-state index in [0.717, 1.165) is 18.0 Å². The molecule has 0 saturated heterocycles. The van der Waals surface area contributed by atoms with Crippen LogP contribution in [0.5, 0.6) is 0 Å². The van der Waals surface area contributed by atoms with Crippen molar-refractivity contribution in [1.29, 1.82) is 0 Å². The minimum absolute atomic E-state index is 0.622. The summed E-state index contributed by atoms with van der Waals surface area (Å²) in [4.78, 5) is 6.17. The van der Waals surface area contributed by atoms with Gasteiger partial charge in [-0.15, -0.1) is 11.3 Å². The van der Waals surface area contributed by atoms with Gasteiger partial charge in [0.05, 0.1) is 5.01 Å². The number of amidine groups is 1. The molecule has 1 aromatic heterocycles. The Bertz CT molecular complexity index is 356. The average molecular weight is 256 g/mol. The number of nitrogens with one attached hydrogen (secondary N) is 1. The maximum Gasteiger partial charge on any atom is 0.156 e. The van der Waals surface area contributed by atoms with Crippen LogP contribution in [-0.2, 0) is 6.42 Å². The second-order valence-electron chi connectivity index (χ2n) is 4.32. The van der Waals surface area contributed by atoms with Crippen LogP contribution in [-0.4, -0.2) is 47.1 Å². The van der Waals surface area contributed by atoms with Crippen molar-refractivity contribution < 1.29 is 5.11 Å². The number of aliphatic hydroxyl groups is 1. The van der Waals surface area contributed by atoms with Crippen molar-refractivity contribution in [2.75, 3.05) is 20.6 Å². The van der Waals surface area contributed by atoms with Gasteiger partial charge in [0.2, 0.25) is 0 Å². The molecule has 96 valence electrons. The first-order chi connectivity index (χ1) is 7.95. The zero-order chi connectivity index (χ0) is 12.9. The zero-order valence-electron chi connectivity index (χ0n) is 10.8. The number of rotatable bonds is 5. The van der Waals surface area contributed by atoms with E-state index in [2.05, 4.69) is 15.5 Å². The predicted molar refractivity (Wildman–Crippen MR) is 71.2 cm³/mol. The van der Waals surface area contributed by atoms with Gasteiger partial charge < -0.3 is 15.4 Å². The molecule has 0 amide bonds. The van der Waals surface area contributed by atoms with Gasteiger partial charge >= 0.3 is 0 Å². The Labute approximate surface area is 106 Å². The summed E-state index contributed by atoms with van der Waals surface area (Å²) in [6, 6.07) is 0. The molecule has 0 saturated carbocycles. The summed E-state index contributed by atoms with van der Waals surface area (Å²) < 4.78 is 0. The van der Waals surface area contributed by atoms with Crippen LogP contribution in [0.3, 0.4) is 0 Å². The Kier molecular flexibility index (Phi) is 4.89. The van der Waals surface area contributed by atoms with Crippen LogP contribution >= 0.6 is 11.3 Å². The molecule has 1 aromatic rings. The van der Waals surface area contributed by atoms with Gasteiger partial charge in [-0.1, -0.05) is 0 Å². The van der Waals surface area contributed by atoms with E-state index in [1.807, 2.05) is 17.3 Å². The van der Waals surface area contributed by atoms with Gasteiger partial charge in [-0.25, -0.2) is 4.98 Å². The third-order valence-corrected chi connectivity index (χ3v) is 3.11. The lowest BCUT2D eigenvalue weighted by Gasteiger charge is -2.29. The maximum atomic E-state index is 10.0. The van der Waals surface area contributed by atoms with Crippen molar-refractivity contribution in [2.24, 2.45) is 5.10 Å². The van der Waals surface area contributed by atoms with Gasteiger partial charge in [-0.3, -0.25) is 0 Å². The molecule has 0 aromatic carbocycles. The van der Waals surface area contributed by atoms with Gasteiger partial charge in [0, 0.05) is 38.6 Å². The van der Waals surface area contributed by atoms with Crippen LogP contribution in [0.15, 0.2) is 16.7 Å². The van der Waals surface area contributed by atoms with Crippen LogP contribution in [0, 0.1) is 0 Å². The first kappa shape index (κ1) is 13.9. The van der Waals surface area contributed by atoms with E-state index in [4.69, 9.17) is 0 Å². The van der Waals surface area contributed by atoms with Crippen LogP contribution in [0.4, 0.5) is 0 Å². The normalized spacial score (nSPS) is 12.6. The Morgan fingerprint density at radius 3 is 2.82 bits per heavy atom. The van der Waals surface area contributed by atoms with E-state index >= 15 is 0 Å². The highest BCUT2D eigenvalue weighted by Crippen LogP contribution is 2.10. The van der Waals surface area contributed by atoms with Crippen molar-refractivity contribution in [3.05, 3.63) is 16.6 Å². The molecule has 1 rings (SSSR count). The minimum atomic E-state index is -0.958. The topological polar surface area (TPSA) is 60.8 Å². The molecule has 0 aliphatic heterocycles. The fraction of sp³-hybridized carbons (Fsp3) is 0.636. The number of hydrogen-bond donors (Lipinski definition) is 2. The summed E-state index contributed by atoms with van der Waals surface area (Å²) in [5.41, 5.74) is 1.76. The molecule has 0 spiro atoms. The third-order valence-electron chi connectivity index (χ3n) is 2.27. The molecule has 2 N–H and O–H groups in total. The van der Waals surface area contributed by atoms with Gasteiger partial charge in [0.1, 0.15) is 5.60 Å². The molecule has 0 unspecified atom stereocenters. The first-order valence-corrected chi connectivity index (χ1v) is 6.40. The van der Waals surface area contributed by atoms with E-state index in [0.29, 0.717) is 5.84 Å². The highest BCUT2D eigenvalue weighted by atomic mass is 32.1. The Morgan fingerprint density at radius 2 is 2.35 bits per heavy atom. The summed E-state index contributed by atoms with van der Waals surface area (Å²) in [5, 5.41) is 17.2. The molecule has 17 heavy (non-hydrogen) atoms. The highest BCUT2D eigenvalue weighted by Gasteiger charge is 2.25. The van der Waals surface area contributed by atoms with E-state index in [1.165, 1.54) is 0 Å². The Balaban J connectivity index is 2.60. The summed E-state index contributed by atoms with van der Waals surface area (Å²) in [6.45, 7) is 4.23. The van der Waals surface area contributed by atoms with Gasteiger partial charge in [0.25, 0.3) is 0 Å². The summed E-state index contributed by atoms with van der Waals surface area (Å²) in [5.74, 6) is 0.622. The molecule has 0 aliphatic carbocycles. The second kappa shape index (κ2) is 5.97. The maximum absolute atomic E-state index is 10.0. The molecular formula is C11H20N4OS. The molecule has 0 bridgehead atoms. The number of hydrogen-bond acceptors (Lipinski definition) is 5. The lowest BCUT2D eigenvalue weighted by Crippen LogP contribution is -2.45. The molecular weight excluding hydrogens is 236 g/mol. The molecule has 6 heteroatoms. The van der Waals surface area contributed by atoms with E-state index in [-0.39, 0.29) is 0 Å². The number of likely N-dealkylation sites (N-methyl/N-ethyl adjacent to an activating group) is 1. The summed E-state index contributed by atoms with van der Waals surface area (Å²) in [7, 11) is 3.64. The van der Waals surface area contributed by atoms with Crippen molar-refractivity contribution in [2.45, 2.75) is 25.9 Å². The molecule has 1 heterocycles. The largest absolute Gasteiger partial charge is 0.382 e. The van der Waals surface area contributed by atoms with E-state index in [1.54, 1.807) is 38.4 Å². The molecule has 0 atom stereocenters. The fourth-order valence-corrected chi connectivity index (χ4v) is 2.15. The van der Waals surface area contributed by atoms with Crippen LogP contribution < -0.4 is 5.43 Å². The average Bonchev–Trinajstić information content (AvgIpc) is 2.73. The highest BCUT2D eigenvalue weighted by molar-refractivity contribution is 7.09. The standard InChI is InChI=1S/C11H20N4OS/c1-11(2,16)10(14-12-3)15(4)7-5-9-13-6-8-17-9/h6,8,12,16H,5,7H2,1-4H3/b14-10-. The molecule has 5 nitrogen and oxygen atoms in total. The van der Waals surface area contributed by atoms with Crippen molar-refractivity contribution in [3.8, 4) is 0 Å². The number of nitrogens with zero attached hydrogens (tertiary/aromatic N) is 3. The first-order valence-electron chi connectivity index (χ1n) is 5.52. The molecule has 0 aliphatic rings. The van der Waals surface area contributed by atoms with Gasteiger partial charge in [-0.05, 0) is 13.8 Å². The summed E-state index contributed by atoms with van der Waals surface area (Å²) >= 11 is 1.64. The fourth-order valence-electron chi connectivity index (χ4n) is 1.54. The Hall–Kier alpha value is -1.14. The number of aromatic nitrogens is 1. The van der Waals surface area contributed by atoms with Crippen molar-refractivity contribution in [3.63, 3.8) is 0 Å².